The fourth-order valence-electron chi connectivity index (χ4n) is 5.37. The fraction of sp³-hybridized carbons (Fsp3) is 0.297. The summed E-state index contributed by atoms with van der Waals surface area (Å²) in [7, 11) is 0. The van der Waals surface area contributed by atoms with Gasteiger partial charge in [-0.2, -0.15) is 0 Å². The molecule has 0 radical (unpaired) electrons. The summed E-state index contributed by atoms with van der Waals surface area (Å²) in [6.07, 6.45) is 2.87. The van der Waals surface area contributed by atoms with Crippen LogP contribution in [0.3, 0.4) is 0 Å². The third kappa shape index (κ3) is 6.98. The Morgan fingerprint density at radius 2 is 1.75 bits per heavy atom. The van der Waals surface area contributed by atoms with Gasteiger partial charge < -0.3 is 14.4 Å². The highest BCUT2D eigenvalue weighted by Gasteiger charge is 2.33. The van der Waals surface area contributed by atoms with E-state index in [1.165, 1.54) is 0 Å². The summed E-state index contributed by atoms with van der Waals surface area (Å²) in [6.45, 7) is 15.1. The number of carboxylic acids is 1. The van der Waals surface area contributed by atoms with E-state index in [9.17, 15) is 9.90 Å². The first-order valence-corrected chi connectivity index (χ1v) is 16.0. The lowest BCUT2D eigenvalue weighted by molar-refractivity contribution is -0.146. The van der Waals surface area contributed by atoms with E-state index in [1.54, 1.807) is 25.6 Å². The zero-order valence-corrected chi connectivity index (χ0v) is 27.6. The molecule has 2 heterocycles. The minimum absolute atomic E-state index is 0.126. The highest BCUT2D eigenvalue weighted by atomic mass is 35.5. The first-order valence-electron chi connectivity index (χ1n) is 14.8. The number of allylic oxidation sites excluding steroid dienone is 1. The molecule has 2 aromatic heterocycles. The molecule has 0 fully saturated rings. The van der Waals surface area contributed by atoms with Gasteiger partial charge in [0.05, 0.1) is 22.1 Å². The molecule has 5 rings (SSSR count). The van der Waals surface area contributed by atoms with Crippen molar-refractivity contribution in [2.45, 2.75) is 70.3 Å². The lowest BCUT2D eigenvalue weighted by Gasteiger charge is -2.24. The minimum atomic E-state index is -0.973. The summed E-state index contributed by atoms with van der Waals surface area (Å²) < 4.78 is 8.65. The number of aromatic nitrogens is 2. The highest BCUT2D eigenvalue weighted by Crippen LogP contribution is 2.46. The number of hydrogen-bond acceptors (Lipinski definition) is 4. The third-order valence-corrected chi connectivity index (χ3v) is 9.09. The Kier molecular flexibility index (Phi) is 9.15. The SMILES string of the molecule is C=CCc1c(OCc2ccc3ccccc3n2)ccc2c1c(SC(C)(C)C)c(CC(C)(C)C(=O)O)n2Cc1ccc(Cl)cc1. The Bertz CT molecular complexity index is 1830. The van der Waals surface area contributed by atoms with Gasteiger partial charge in [-0.15, -0.1) is 18.3 Å². The fourth-order valence-corrected chi connectivity index (χ4v) is 6.74. The molecule has 0 bridgehead atoms. The molecule has 0 atom stereocenters. The molecule has 0 saturated carbocycles. The summed E-state index contributed by atoms with van der Waals surface area (Å²) in [6, 6.07) is 24.1. The van der Waals surface area contributed by atoms with E-state index in [0.29, 0.717) is 31.0 Å². The number of carbonyl (C=O) groups is 1. The van der Waals surface area contributed by atoms with Gasteiger partial charge in [-0.05, 0) is 62.2 Å². The van der Waals surface area contributed by atoms with Crippen LogP contribution in [0.25, 0.3) is 21.8 Å². The maximum atomic E-state index is 12.4. The third-order valence-electron chi connectivity index (χ3n) is 7.58. The predicted molar refractivity (Wildman–Crippen MR) is 183 cm³/mol. The van der Waals surface area contributed by atoms with E-state index in [0.717, 1.165) is 55.0 Å². The van der Waals surface area contributed by atoms with E-state index in [2.05, 4.69) is 50.1 Å². The number of ether oxygens (including phenoxy) is 1. The van der Waals surface area contributed by atoms with Crippen LogP contribution in [0, 0.1) is 5.41 Å². The van der Waals surface area contributed by atoms with Gasteiger partial charge in [-0.3, -0.25) is 4.79 Å². The van der Waals surface area contributed by atoms with E-state index in [-0.39, 0.29) is 4.75 Å². The lowest BCUT2D eigenvalue weighted by Crippen LogP contribution is -2.28. The Labute approximate surface area is 268 Å². The smallest absolute Gasteiger partial charge is 0.309 e. The molecular formula is C37H39ClN2O3S. The van der Waals surface area contributed by atoms with Crippen LogP contribution >= 0.6 is 23.4 Å². The molecule has 228 valence electrons. The molecule has 0 saturated heterocycles. The number of halogens is 1. The first kappa shape index (κ1) is 31.7. The second-order valence-electron chi connectivity index (χ2n) is 12.8. The molecule has 5 aromatic rings. The molecule has 5 nitrogen and oxygen atoms in total. The molecular weight excluding hydrogens is 588 g/mol. The number of nitrogens with zero attached hydrogens (tertiary/aromatic N) is 2. The molecule has 7 heteroatoms. The number of carboxylic acid groups (broad SMARTS) is 1. The maximum Gasteiger partial charge on any atom is 0.309 e. The number of rotatable bonds is 11. The van der Waals surface area contributed by atoms with Gasteiger partial charge in [0.25, 0.3) is 0 Å². The van der Waals surface area contributed by atoms with E-state index < -0.39 is 11.4 Å². The molecule has 0 aliphatic heterocycles. The number of aliphatic carboxylic acids is 1. The van der Waals surface area contributed by atoms with Crippen LogP contribution in [-0.4, -0.2) is 25.4 Å². The average molecular weight is 627 g/mol. The van der Waals surface area contributed by atoms with Gasteiger partial charge in [-0.1, -0.05) is 74.8 Å². The summed E-state index contributed by atoms with van der Waals surface area (Å²) in [5.41, 5.74) is 4.97. The van der Waals surface area contributed by atoms with Crippen molar-refractivity contribution in [2.24, 2.45) is 5.41 Å². The van der Waals surface area contributed by atoms with Crippen molar-refractivity contribution in [1.82, 2.24) is 9.55 Å². The topological polar surface area (TPSA) is 64.3 Å². The van der Waals surface area contributed by atoms with Crippen LogP contribution in [0.4, 0.5) is 0 Å². The molecule has 1 N–H and O–H groups in total. The average Bonchev–Trinajstić information content (AvgIpc) is 3.23. The Hall–Kier alpha value is -3.74. The zero-order valence-electron chi connectivity index (χ0n) is 26.0. The Morgan fingerprint density at radius 3 is 2.43 bits per heavy atom. The summed E-state index contributed by atoms with van der Waals surface area (Å²) in [4.78, 5) is 18.3. The van der Waals surface area contributed by atoms with Gasteiger partial charge in [-0.25, -0.2) is 4.98 Å². The Balaban J connectivity index is 1.69. The van der Waals surface area contributed by atoms with Crippen LogP contribution in [-0.2, 0) is 30.8 Å². The van der Waals surface area contributed by atoms with Crippen LogP contribution in [0.5, 0.6) is 5.75 Å². The lowest BCUT2D eigenvalue weighted by atomic mass is 9.88. The molecule has 0 spiro atoms. The van der Waals surface area contributed by atoms with E-state index in [1.807, 2.05) is 60.7 Å². The van der Waals surface area contributed by atoms with E-state index >= 15 is 0 Å². The van der Waals surface area contributed by atoms with Crippen molar-refractivity contribution in [3.8, 4) is 5.75 Å². The molecule has 0 aliphatic carbocycles. The number of hydrogen-bond donors (Lipinski definition) is 1. The Morgan fingerprint density at radius 1 is 1.02 bits per heavy atom. The predicted octanol–water partition coefficient (Wildman–Crippen LogP) is 9.74. The summed E-state index contributed by atoms with van der Waals surface area (Å²) >= 11 is 7.98. The molecule has 3 aromatic carbocycles. The van der Waals surface area contributed by atoms with Crippen LogP contribution < -0.4 is 4.74 Å². The second kappa shape index (κ2) is 12.7. The summed E-state index contributed by atoms with van der Waals surface area (Å²) in [5.74, 6) is -0.0541. The number of para-hydroxylation sites is 1. The van der Waals surface area contributed by atoms with Crippen LogP contribution in [0.15, 0.2) is 90.3 Å². The van der Waals surface area contributed by atoms with Crippen molar-refractivity contribution in [3.63, 3.8) is 0 Å². The quantitative estimate of drug-likeness (QED) is 0.117. The summed E-state index contributed by atoms with van der Waals surface area (Å²) in [5, 5.41) is 13.0. The molecule has 0 amide bonds. The van der Waals surface area contributed by atoms with Gasteiger partial charge >= 0.3 is 5.97 Å². The van der Waals surface area contributed by atoms with Crippen molar-refractivity contribution < 1.29 is 14.6 Å². The van der Waals surface area contributed by atoms with Gasteiger partial charge in [0.2, 0.25) is 0 Å². The van der Waals surface area contributed by atoms with Gasteiger partial charge in [0, 0.05) is 49.7 Å². The standard InChI is InChI=1S/C37H39ClN2O3S/c1-7-10-28-32(43-23-27-18-15-25-11-8-9-12-29(25)39-27)20-19-30-33(28)34(44-36(2,3)4)31(21-37(5,6)35(41)42)40(30)22-24-13-16-26(38)17-14-24/h7-9,11-20H,1,10,21-23H2,2-6H3,(H,41,42). The number of thioether (sulfide) groups is 1. The van der Waals surface area contributed by atoms with Crippen molar-refractivity contribution in [3.05, 3.63) is 113 Å². The molecule has 44 heavy (non-hydrogen) atoms. The van der Waals surface area contributed by atoms with Crippen LogP contribution in [0.1, 0.15) is 57.1 Å². The van der Waals surface area contributed by atoms with E-state index in [4.69, 9.17) is 21.3 Å². The maximum absolute atomic E-state index is 12.4. The van der Waals surface area contributed by atoms with Crippen molar-refractivity contribution in [1.29, 1.82) is 0 Å². The number of fused-ring (bicyclic) bond motifs is 2. The van der Waals surface area contributed by atoms with Gasteiger partial charge in [0.1, 0.15) is 12.4 Å². The molecule has 0 unspecified atom stereocenters. The molecule has 0 aliphatic rings. The second-order valence-corrected chi connectivity index (χ2v) is 15.1. The van der Waals surface area contributed by atoms with Gasteiger partial charge in [0.15, 0.2) is 0 Å². The normalized spacial score (nSPS) is 12.1. The highest BCUT2D eigenvalue weighted by molar-refractivity contribution is 8.00. The van der Waals surface area contributed by atoms with Crippen molar-refractivity contribution in [2.75, 3.05) is 0 Å². The zero-order chi connectivity index (χ0) is 31.6. The number of pyridine rings is 1. The van der Waals surface area contributed by atoms with Crippen molar-refractivity contribution >= 4 is 51.1 Å². The number of benzene rings is 3. The largest absolute Gasteiger partial charge is 0.487 e. The monoisotopic (exact) mass is 626 g/mol. The first-order chi connectivity index (χ1) is 20.9. The minimum Gasteiger partial charge on any atom is -0.487 e. The van der Waals surface area contributed by atoms with Crippen LogP contribution in [0.2, 0.25) is 5.02 Å².